The molecular formula is C16H12O3. The van der Waals surface area contributed by atoms with Gasteiger partial charge in [0.05, 0.1) is 0 Å². The number of carbonyl (C=O) groups is 1. The number of allylic oxidation sites excluding steroid dienone is 2. The van der Waals surface area contributed by atoms with Gasteiger partial charge in [0, 0.05) is 17.5 Å². The molecule has 3 heteroatoms. The molecule has 2 aromatic carbocycles. The van der Waals surface area contributed by atoms with Gasteiger partial charge in [0.1, 0.15) is 0 Å². The molecule has 2 aromatic rings. The van der Waals surface area contributed by atoms with E-state index < -0.39 is 0 Å². The lowest BCUT2D eigenvalue weighted by Crippen LogP contribution is -2.09. The van der Waals surface area contributed by atoms with Crippen molar-refractivity contribution in [2.75, 3.05) is 0 Å². The molecule has 0 unspecified atom stereocenters. The van der Waals surface area contributed by atoms with Crippen molar-refractivity contribution in [3.63, 3.8) is 0 Å². The summed E-state index contributed by atoms with van der Waals surface area (Å²) in [7, 11) is 0. The van der Waals surface area contributed by atoms with Crippen LogP contribution >= 0.6 is 0 Å². The third-order valence-electron chi connectivity index (χ3n) is 3.34. The van der Waals surface area contributed by atoms with E-state index >= 15 is 0 Å². The average Bonchev–Trinajstić information content (AvgIpc) is 2.44. The van der Waals surface area contributed by atoms with Gasteiger partial charge in [-0.1, -0.05) is 30.3 Å². The first kappa shape index (κ1) is 11.5. The standard InChI is InChI=1S/C16H12O3/c17-14-7-6-12-13(16(14)19)8-11(9-15(12)18)10-4-2-1-3-5-10/h1-7,9,17,19H,8H2. The molecule has 3 rings (SSSR count). The first-order valence-corrected chi connectivity index (χ1v) is 6.01. The molecule has 2 N–H and O–H groups in total. The molecule has 0 atom stereocenters. The minimum atomic E-state index is -0.201. The Balaban J connectivity index is 2.11. The van der Waals surface area contributed by atoms with Crippen molar-refractivity contribution < 1.29 is 15.0 Å². The number of hydrogen-bond donors (Lipinski definition) is 2. The Bertz CT molecular complexity index is 685. The summed E-state index contributed by atoms with van der Waals surface area (Å²) in [5.41, 5.74) is 2.74. The summed E-state index contributed by atoms with van der Waals surface area (Å²) in [4.78, 5) is 12.1. The van der Waals surface area contributed by atoms with E-state index in [0.717, 1.165) is 11.1 Å². The van der Waals surface area contributed by atoms with Gasteiger partial charge in [-0.2, -0.15) is 0 Å². The van der Waals surface area contributed by atoms with Crippen molar-refractivity contribution >= 4 is 11.4 Å². The van der Waals surface area contributed by atoms with Crippen LogP contribution in [0.25, 0.3) is 5.57 Å². The van der Waals surface area contributed by atoms with E-state index in [4.69, 9.17) is 0 Å². The summed E-state index contributed by atoms with van der Waals surface area (Å²) < 4.78 is 0. The summed E-state index contributed by atoms with van der Waals surface area (Å²) in [6.45, 7) is 0. The summed E-state index contributed by atoms with van der Waals surface area (Å²) >= 11 is 0. The molecule has 3 nitrogen and oxygen atoms in total. The Morgan fingerprint density at radius 3 is 2.42 bits per heavy atom. The number of carbonyl (C=O) groups excluding carboxylic acids is 1. The van der Waals surface area contributed by atoms with Crippen LogP contribution in [0.3, 0.4) is 0 Å². The van der Waals surface area contributed by atoms with E-state index in [2.05, 4.69) is 0 Å². The predicted octanol–water partition coefficient (Wildman–Crippen LogP) is 2.92. The molecule has 0 amide bonds. The van der Waals surface area contributed by atoms with Crippen LogP contribution in [0.5, 0.6) is 11.5 Å². The van der Waals surface area contributed by atoms with Gasteiger partial charge in [-0.3, -0.25) is 4.79 Å². The molecule has 0 heterocycles. The van der Waals surface area contributed by atoms with Crippen LogP contribution in [0.2, 0.25) is 0 Å². The minimum Gasteiger partial charge on any atom is -0.504 e. The maximum atomic E-state index is 12.1. The van der Waals surface area contributed by atoms with E-state index in [1.807, 2.05) is 30.3 Å². The SMILES string of the molecule is O=C1C=C(c2ccccc2)Cc2c1ccc(O)c2O. The van der Waals surface area contributed by atoms with Crippen molar-refractivity contribution in [2.45, 2.75) is 6.42 Å². The molecule has 0 aromatic heterocycles. The monoisotopic (exact) mass is 252 g/mol. The smallest absolute Gasteiger partial charge is 0.186 e. The zero-order chi connectivity index (χ0) is 13.4. The van der Waals surface area contributed by atoms with Crippen LogP contribution < -0.4 is 0 Å². The average molecular weight is 252 g/mol. The van der Waals surface area contributed by atoms with Gasteiger partial charge in [0.2, 0.25) is 0 Å². The molecule has 0 saturated carbocycles. The summed E-state index contributed by atoms with van der Waals surface area (Å²) in [6, 6.07) is 12.4. The Morgan fingerprint density at radius 1 is 0.947 bits per heavy atom. The van der Waals surface area contributed by atoms with Crippen LogP contribution in [-0.2, 0) is 6.42 Å². The Morgan fingerprint density at radius 2 is 1.68 bits per heavy atom. The maximum Gasteiger partial charge on any atom is 0.186 e. The van der Waals surface area contributed by atoms with Crippen LogP contribution in [0.1, 0.15) is 21.5 Å². The normalized spacial score (nSPS) is 13.9. The van der Waals surface area contributed by atoms with Gasteiger partial charge < -0.3 is 10.2 Å². The minimum absolute atomic E-state index is 0.143. The van der Waals surface area contributed by atoms with Gasteiger partial charge in [0.25, 0.3) is 0 Å². The van der Waals surface area contributed by atoms with Gasteiger partial charge in [-0.15, -0.1) is 0 Å². The summed E-state index contributed by atoms with van der Waals surface area (Å²) in [5, 5.41) is 19.4. The number of benzene rings is 2. The van der Waals surface area contributed by atoms with Crippen molar-refractivity contribution in [1.82, 2.24) is 0 Å². The van der Waals surface area contributed by atoms with Crippen LogP contribution in [0.4, 0.5) is 0 Å². The van der Waals surface area contributed by atoms with Crippen molar-refractivity contribution in [3.05, 3.63) is 65.2 Å². The quantitative estimate of drug-likeness (QED) is 0.767. The van der Waals surface area contributed by atoms with Crippen LogP contribution in [-0.4, -0.2) is 16.0 Å². The van der Waals surface area contributed by atoms with Crippen molar-refractivity contribution in [3.8, 4) is 11.5 Å². The fourth-order valence-corrected chi connectivity index (χ4v) is 2.35. The third-order valence-corrected chi connectivity index (χ3v) is 3.34. The Hall–Kier alpha value is -2.55. The molecule has 0 fully saturated rings. The second kappa shape index (κ2) is 4.28. The van der Waals surface area contributed by atoms with Gasteiger partial charge in [-0.25, -0.2) is 0 Å². The lowest BCUT2D eigenvalue weighted by Gasteiger charge is -2.18. The zero-order valence-corrected chi connectivity index (χ0v) is 10.1. The highest BCUT2D eigenvalue weighted by molar-refractivity contribution is 6.12. The predicted molar refractivity (Wildman–Crippen MR) is 72.2 cm³/mol. The fourth-order valence-electron chi connectivity index (χ4n) is 2.35. The largest absolute Gasteiger partial charge is 0.504 e. The van der Waals surface area contributed by atoms with E-state index in [1.54, 1.807) is 12.1 Å². The molecule has 0 aliphatic heterocycles. The topological polar surface area (TPSA) is 57.5 Å². The number of phenolic OH excluding ortho intramolecular Hbond substituents is 2. The first-order valence-electron chi connectivity index (χ1n) is 6.01. The molecule has 0 spiro atoms. The number of ketones is 1. The molecule has 1 aliphatic carbocycles. The molecule has 0 radical (unpaired) electrons. The fraction of sp³-hybridized carbons (Fsp3) is 0.0625. The van der Waals surface area contributed by atoms with Crippen molar-refractivity contribution in [2.24, 2.45) is 0 Å². The molecule has 19 heavy (non-hydrogen) atoms. The van der Waals surface area contributed by atoms with E-state index in [9.17, 15) is 15.0 Å². The Labute approximate surface area is 110 Å². The van der Waals surface area contributed by atoms with Gasteiger partial charge >= 0.3 is 0 Å². The Kier molecular flexibility index (Phi) is 2.60. The summed E-state index contributed by atoms with van der Waals surface area (Å²) in [6.07, 6.45) is 2.03. The second-order valence-electron chi connectivity index (χ2n) is 4.54. The van der Waals surface area contributed by atoms with Gasteiger partial charge in [0.15, 0.2) is 17.3 Å². The number of rotatable bonds is 1. The number of aromatic hydroxyl groups is 2. The second-order valence-corrected chi connectivity index (χ2v) is 4.54. The number of fused-ring (bicyclic) bond motifs is 1. The molecule has 1 aliphatic rings. The third kappa shape index (κ3) is 1.89. The maximum absolute atomic E-state index is 12.1. The molecule has 0 saturated heterocycles. The van der Waals surface area contributed by atoms with Crippen LogP contribution in [0, 0.1) is 0 Å². The van der Waals surface area contributed by atoms with E-state index in [0.29, 0.717) is 17.5 Å². The van der Waals surface area contributed by atoms with Crippen LogP contribution in [0.15, 0.2) is 48.5 Å². The van der Waals surface area contributed by atoms with Gasteiger partial charge in [-0.05, 0) is 29.3 Å². The number of phenols is 2. The lowest BCUT2D eigenvalue weighted by molar-refractivity contribution is 0.104. The summed E-state index contributed by atoms with van der Waals surface area (Å²) in [5.74, 6) is -0.538. The zero-order valence-electron chi connectivity index (χ0n) is 10.1. The first-order chi connectivity index (χ1) is 9.16. The van der Waals surface area contributed by atoms with E-state index in [-0.39, 0.29) is 17.3 Å². The van der Waals surface area contributed by atoms with Crippen molar-refractivity contribution in [1.29, 1.82) is 0 Å². The highest BCUT2D eigenvalue weighted by Gasteiger charge is 2.22. The molecule has 0 bridgehead atoms. The molecular weight excluding hydrogens is 240 g/mol. The highest BCUT2D eigenvalue weighted by atomic mass is 16.3. The van der Waals surface area contributed by atoms with E-state index in [1.165, 1.54) is 6.07 Å². The lowest BCUT2D eigenvalue weighted by atomic mass is 9.86. The molecule has 94 valence electrons. The highest BCUT2D eigenvalue weighted by Crippen LogP contribution is 2.37. The number of hydrogen-bond acceptors (Lipinski definition) is 3.